The van der Waals surface area contributed by atoms with Crippen molar-refractivity contribution >= 4 is 28.2 Å². The van der Waals surface area contributed by atoms with Crippen LogP contribution in [0, 0.1) is 5.92 Å². The van der Waals surface area contributed by atoms with Crippen LogP contribution in [0.1, 0.15) is 51.3 Å². The number of benzene rings is 1. The van der Waals surface area contributed by atoms with Crippen molar-refractivity contribution in [1.29, 1.82) is 0 Å². The van der Waals surface area contributed by atoms with Crippen LogP contribution in [0.25, 0.3) is 27.7 Å². The van der Waals surface area contributed by atoms with E-state index in [2.05, 4.69) is 13.8 Å². The molecule has 3 heterocycles. The molecule has 30 heavy (non-hydrogen) atoms. The van der Waals surface area contributed by atoms with Crippen LogP contribution in [0.15, 0.2) is 47.5 Å². The van der Waals surface area contributed by atoms with Gasteiger partial charge in [0.15, 0.2) is 5.65 Å². The van der Waals surface area contributed by atoms with Gasteiger partial charge < -0.3 is 4.57 Å². The molecule has 154 valence electrons. The Morgan fingerprint density at radius 1 is 1.13 bits per heavy atom. The van der Waals surface area contributed by atoms with Crippen LogP contribution in [0.5, 0.6) is 0 Å². The molecule has 4 aromatic rings. The maximum atomic E-state index is 13.4. The number of aromatic nitrogens is 4. The van der Waals surface area contributed by atoms with E-state index in [1.165, 1.54) is 19.3 Å². The Morgan fingerprint density at radius 3 is 2.63 bits per heavy atom. The average molecular weight is 421 g/mol. The summed E-state index contributed by atoms with van der Waals surface area (Å²) in [7, 11) is 0. The maximum absolute atomic E-state index is 13.4. The zero-order valence-electron chi connectivity index (χ0n) is 17.3. The molecule has 1 aromatic carbocycles. The third-order valence-electron chi connectivity index (χ3n) is 6.50. The fourth-order valence-electron chi connectivity index (χ4n) is 4.86. The Bertz CT molecular complexity index is 1290. The van der Waals surface area contributed by atoms with E-state index in [1.807, 2.05) is 45.6 Å². The van der Waals surface area contributed by atoms with Crippen LogP contribution in [0.4, 0.5) is 0 Å². The van der Waals surface area contributed by atoms with Crippen LogP contribution in [0.2, 0.25) is 5.02 Å². The lowest BCUT2D eigenvalue weighted by molar-refractivity contribution is 0.253. The van der Waals surface area contributed by atoms with Gasteiger partial charge in [-0.05, 0) is 48.9 Å². The van der Waals surface area contributed by atoms with Gasteiger partial charge in [-0.15, -0.1) is 0 Å². The van der Waals surface area contributed by atoms with Crippen molar-refractivity contribution in [1.82, 2.24) is 19.2 Å². The molecule has 1 fully saturated rings. The first-order valence-electron chi connectivity index (χ1n) is 10.8. The van der Waals surface area contributed by atoms with Crippen LogP contribution < -0.4 is 5.56 Å². The molecule has 0 saturated heterocycles. The first-order valence-corrected chi connectivity index (χ1v) is 11.1. The molecular weight excluding hydrogens is 396 g/mol. The summed E-state index contributed by atoms with van der Waals surface area (Å²) < 4.78 is 3.75. The average Bonchev–Trinajstić information content (AvgIpc) is 3.14. The summed E-state index contributed by atoms with van der Waals surface area (Å²) in [5, 5.41) is 6.15. The molecule has 5 rings (SSSR count). The smallest absolute Gasteiger partial charge is 0.261 e. The quantitative estimate of drug-likeness (QED) is 0.428. The van der Waals surface area contributed by atoms with E-state index in [0.29, 0.717) is 16.3 Å². The normalized spacial score (nSPS) is 19.6. The summed E-state index contributed by atoms with van der Waals surface area (Å²) in [4.78, 5) is 18.0. The van der Waals surface area contributed by atoms with E-state index in [-0.39, 0.29) is 11.6 Å². The maximum Gasteiger partial charge on any atom is 0.261 e. The SMILES string of the molecule is CCc1nn2c(ncc3c(=O)n([C@H]4CCCC[C@@H]4C)ccc32)c1-c1ccc(Cl)cc1. The fraction of sp³-hybridized carbons (Fsp3) is 0.375. The van der Waals surface area contributed by atoms with Gasteiger partial charge in [-0.1, -0.05) is 50.4 Å². The predicted octanol–water partition coefficient (Wildman–Crippen LogP) is 5.68. The molecule has 0 unspecified atom stereocenters. The zero-order valence-corrected chi connectivity index (χ0v) is 18.1. The van der Waals surface area contributed by atoms with Crippen LogP contribution in [-0.2, 0) is 6.42 Å². The minimum absolute atomic E-state index is 0.0299. The predicted molar refractivity (Wildman–Crippen MR) is 121 cm³/mol. The monoisotopic (exact) mass is 420 g/mol. The first-order chi connectivity index (χ1) is 14.6. The Labute approximate surface area is 180 Å². The molecule has 0 amide bonds. The zero-order chi connectivity index (χ0) is 20.8. The van der Waals surface area contributed by atoms with E-state index in [1.54, 1.807) is 6.20 Å². The van der Waals surface area contributed by atoms with Crippen molar-refractivity contribution in [3.8, 4) is 11.1 Å². The Morgan fingerprint density at radius 2 is 1.90 bits per heavy atom. The highest BCUT2D eigenvalue weighted by molar-refractivity contribution is 6.30. The lowest BCUT2D eigenvalue weighted by Gasteiger charge is -2.30. The molecule has 1 aliphatic rings. The fourth-order valence-corrected chi connectivity index (χ4v) is 4.99. The Kier molecular flexibility index (Phi) is 4.86. The molecule has 0 bridgehead atoms. The number of pyridine rings is 1. The summed E-state index contributed by atoms with van der Waals surface area (Å²) in [6.07, 6.45) is 9.12. The van der Waals surface area contributed by atoms with Crippen molar-refractivity contribution in [2.75, 3.05) is 0 Å². The second-order valence-corrected chi connectivity index (χ2v) is 8.77. The van der Waals surface area contributed by atoms with Crippen molar-refractivity contribution in [2.24, 2.45) is 5.92 Å². The number of aryl methyl sites for hydroxylation is 1. The molecule has 1 saturated carbocycles. The molecule has 6 heteroatoms. The largest absolute Gasteiger partial charge is 0.312 e. The van der Waals surface area contributed by atoms with Crippen molar-refractivity contribution in [3.05, 3.63) is 63.8 Å². The van der Waals surface area contributed by atoms with Gasteiger partial charge in [-0.3, -0.25) is 4.79 Å². The van der Waals surface area contributed by atoms with Gasteiger partial charge in [-0.2, -0.15) is 5.10 Å². The number of halogens is 1. The Balaban J connectivity index is 1.72. The lowest BCUT2D eigenvalue weighted by atomic mass is 9.85. The van der Waals surface area contributed by atoms with E-state index >= 15 is 0 Å². The van der Waals surface area contributed by atoms with Gasteiger partial charge in [0.25, 0.3) is 5.56 Å². The number of fused-ring (bicyclic) bond motifs is 3. The van der Waals surface area contributed by atoms with Crippen molar-refractivity contribution in [2.45, 2.75) is 52.0 Å². The van der Waals surface area contributed by atoms with Gasteiger partial charge in [0, 0.05) is 29.0 Å². The summed E-state index contributed by atoms with van der Waals surface area (Å²) >= 11 is 6.08. The van der Waals surface area contributed by atoms with Gasteiger partial charge in [0.05, 0.1) is 16.6 Å². The minimum atomic E-state index is 0.0299. The van der Waals surface area contributed by atoms with Crippen LogP contribution in [0.3, 0.4) is 0 Å². The second kappa shape index (κ2) is 7.55. The summed E-state index contributed by atoms with van der Waals surface area (Å²) in [6, 6.07) is 10.0. The van der Waals surface area contributed by atoms with Crippen LogP contribution in [-0.4, -0.2) is 19.2 Å². The Hall–Kier alpha value is -2.66. The summed E-state index contributed by atoms with van der Waals surface area (Å²) in [5.41, 5.74) is 4.60. The van der Waals surface area contributed by atoms with Gasteiger partial charge in [0.1, 0.15) is 0 Å². The highest BCUT2D eigenvalue weighted by Gasteiger charge is 2.25. The number of nitrogens with zero attached hydrogens (tertiary/aromatic N) is 4. The highest BCUT2D eigenvalue weighted by atomic mass is 35.5. The van der Waals surface area contributed by atoms with E-state index in [0.717, 1.165) is 40.8 Å². The van der Waals surface area contributed by atoms with E-state index in [9.17, 15) is 4.79 Å². The van der Waals surface area contributed by atoms with Crippen molar-refractivity contribution in [3.63, 3.8) is 0 Å². The van der Waals surface area contributed by atoms with E-state index in [4.69, 9.17) is 21.7 Å². The van der Waals surface area contributed by atoms with E-state index < -0.39 is 0 Å². The molecule has 1 aliphatic carbocycles. The molecule has 3 aromatic heterocycles. The molecule has 0 radical (unpaired) electrons. The summed E-state index contributed by atoms with van der Waals surface area (Å²) in [6.45, 7) is 4.34. The van der Waals surface area contributed by atoms with Gasteiger partial charge in [-0.25, -0.2) is 9.50 Å². The van der Waals surface area contributed by atoms with Gasteiger partial charge >= 0.3 is 0 Å². The first kappa shape index (κ1) is 19.3. The summed E-state index contributed by atoms with van der Waals surface area (Å²) in [5.74, 6) is 0.512. The third kappa shape index (κ3) is 3.03. The topological polar surface area (TPSA) is 52.2 Å². The van der Waals surface area contributed by atoms with Crippen LogP contribution >= 0.6 is 11.6 Å². The number of rotatable bonds is 3. The highest BCUT2D eigenvalue weighted by Crippen LogP contribution is 2.34. The molecule has 5 nitrogen and oxygen atoms in total. The standard InChI is InChI=1S/C24H25ClN4O/c1-3-19-22(16-8-10-17(25)11-9-16)23-26-14-18-21(29(23)27-19)12-13-28(24(18)30)20-7-5-4-6-15(20)2/h8-15,20H,3-7H2,1-2H3/t15-,20-/m0/s1. The van der Waals surface area contributed by atoms with Gasteiger partial charge in [0.2, 0.25) is 0 Å². The number of hydrogen-bond acceptors (Lipinski definition) is 3. The van der Waals surface area contributed by atoms with Crippen molar-refractivity contribution < 1.29 is 0 Å². The molecule has 2 atom stereocenters. The minimum Gasteiger partial charge on any atom is -0.312 e. The second-order valence-electron chi connectivity index (χ2n) is 8.33. The lowest BCUT2D eigenvalue weighted by Crippen LogP contribution is -2.30. The molecule has 0 spiro atoms. The third-order valence-corrected chi connectivity index (χ3v) is 6.75. The number of hydrogen-bond donors (Lipinski definition) is 0. The molecule has 0 N–H and O–H groups in total. The molecule has 0 aliphatic heterocycles. The molecular formula is C24H25ClN4O.